The molecule has 0 radical (unpaired) electrons. The van der Waals surface area contributed by atoms with Crippen molar-refractivity contribution in [3.63, 3.8) is 0 Å². The van der Waals surface area contributed by atoms with Gasteiger partial charge in [0.15, 0.2) is 5.03 Å². The molecule has 2 atom stereocenters. The average molecular weight is 585 g/mol. The number of sulfonamides is 1. The van der Waals surface area contributed by atoms with Crippen molar-refractivity contribution < 1.29 is 13.2 Å². The molecule has 2 aliphatic rings. The van der Waals surface area contributed by atoms with Crippen molar-refractivity contribution in [1.29, 1.82) is 0 Å². The Labute approximate surface area is 242 Å². The van der Waals surface area contributed by atoms with Crippen LogP contribution in [-0.2, 0) is 15.4 Å². The van der Waals surface area contributed by atoms with E-state index in [-0.39, 0.29) is 40.0 Å². The maximum atomic E-state index is 13.5. The summed E-state index contributed by atoms with van der Waals surface area (Å²) in [7, 11) is -4.25. The SMILES string of the molecule is CC(C)(C)c1ccc2c(n1)N1C[C@@H](CCC(c3ccccn3)Nc3cccc(n3)S(=O)(=O)NC2=O)CC1(C)C.Cl. The van der Waals surface area contributed by atoms with E-state index < -0.39 is 15.9 Å². The Hall–Kier alpha value is -3.24. The van der Waals surface area contributed by atoms with Crippen LogP contribution in [-0.4, -0.2) is 41.4 Å². The standard InChI is InChI=1S/C29H36N6O3S.ClH/c1-28(2,3)23-15-13-20-26(32-23)35-18-19(17-29(35,4)5)12-14-22(21-9-6-7-16-30-21)31-24-10-8-11-25(33-24)39(37,38)34-27(20)36;/h6-11,13,15-16,19,22H,12,14,17-18H2,1-5H3,(H,31,33)(H,34,36);1H/t19-,22?;/m0./s1. The van der Waals surface area contributed by atoms with Crippen molar-refractivity contribution in [1.82, 2.24) is 19.7 Å². The predicted molar refractivity (Wildman–Crippen MR) is 158 cm³/mol. The Bertz CT molecular complexity index is 1490. The van der Waals surface area contributed by atoms with Crippen LogP contribution in [0.4, 0.5) is 11.6 Å². The van der Waals surface area contributed by atoms with Crippen LogP contribution in [0.5, 0.6) is 0 Å². The molecule has 4 bridgehead atoms. The van der Waals surface area contributed by atoms with Gasteiger partial charge in [-0.2, -0.15) is 8.42 Å². The molecule has 0 spiro atoms. The molecule has 1 amide bonds. The third kappa shape index (κ3) is 6.07. The fraction of sp³-hybridized carbons (Fsp3) is 0.448. The number of halogens is 1. The van der Waals surface area contributed by atoms with Crippen molar-refractivity contribution in [3.05, 3.63) is 71.7 Å². The second-order valence-corrected chi connectivity index (χ2v) is 13.8. The number of anilines is 2. The molecule has 40 heavy (non-hydrogen) atoms. The predicted octanol–water partition coefficient (Wildman–Crippen LogP) is 5.26. The van der Waals surface area contributed by atoms with Crippen molar-refractivity contribution in [2.45, 2.75) is 75.9 Å². The topological polar surface area (TPSA) is 117 Å². The average Bonchev–Trinajstić information content (AvgIpc) is 3.19. The highest BCUT2D eigenvalue weighted by Gasteiger charge is 2.41. The third-order valence-corrected chi connectivity index (χ3v) is 8.79. The van der Waals surface area contributed by atoms with Gasteiger partial charge >= 0.3 is 0 Å². The van der Waals surface area contributed by atoms with Crippen molar-refractivity contribution in [2.24, 2.45) is 5.92 Å². The monoisotopic (exact) mass is 584 g/mol. The van der Waals surface area contributed by atoms with Gasteiger partial charge in [-0.15, -0.1) is 12.4 Å². The zero-order valence-corrected chi connectivity index (χ0v) is 25.1. The van der Waals surface area contributed by atoms with Crippen LogP contribution in [0, 0.1) is 5.92 Å². The minimum Gasteiger partial charge on any atom is -0.362 e. The molecule has 1 saturated heterocycles. The first-order chi connectivity index (χ1) is 18.3. The summed E-state index contributed by atoms with van der Waals surface area (Å²) >= 11 is 0. The number of hydrogen-bond donors (Lipinski definition) is 2. The molecular weight excluding hydrogens is 548 g/mol. The Morgan fingerprint density at radius 2 is 1.77 bits per heavy atom. The smallest absolute Gasteiger partial charge is 0.281 e. The zero-order chi connectivity index (χ0) is 28.0. The number of hydrogen-bond acceptors (Lipinski definition) is 8. The van der Waals surface area contributed by atoms with Gasteiger partial charge in [0, 0.05) is 29.4 Å². The molecule has 2 N–H and O–H groups in total. The van der Waals surface area contributed by atoms with Gasteiger partial charge in [-0.1, -0.05) is 32.9 Å². The molecule has 1 fully saturated rings. The van der Waals surface area contributed by atoms with E-state index in [1.54, 1.807) is 30.5 Å². The fourth-order valence-corrected chi connectivity index (χ4v) is 6.47. The van der Waals surface area contributed by atoms with Gasteiger partial charge < -0.3 is 10.2 Å². The Morgan fingerprint density at radius 3 is 2.48 bits per heavy atom. The first-order valence-electron chi connectivity index (χ1n) is 13.3. The molecule has 2 aliphatic heterocycles. The summed E-state index contributed by atoms with van der Waals surface area (Å²) in [4.78, 5) is 29.6. The third-order valence-electron chi connectivity index (χ3n) is 7.56. The Morgan fingerprint density at radius 1 is 1.00 bits per heavy atom. The minimum atomic E-state index is -4.25. The van der Waals surface area contributed by atoms with Gasteiger partial charge in [-0.25, -0.2) is 14.7 Å². The summed E-state index contributed by atoms with van der Waals surface area (Å²) in [5.74, 6) is 0.537. The fourth-order valence-electron chi connectivity index (χ4n) is 5.53. The van der Waals surface area contributed by atoms with E-state index in [0.29, 0.717) is 24.1 Å². The number of rotatable bonds is 1. The van der Waals surface area contributed by atoms with E-state index in [1.807, 2.05) is 18.2 Å². The number of nitrogens with one attached hydrogen (secondary N) is 2. The first-order valence-corrected chi connectivity index (χ1v) is 14.8. The number of fused-ring (bicyclic) bond motifs is 6. The summed E-state index contributed by atoms with van der Waals surface area (Å²) in [5.41, 5.74) is 1.41. The molecule has 1 unspecified atom stereocenters. The van der Waals surface area contributed by atoms with Crippen LogP contribution >= 0.6 is 12.4 Å². The highest BCUT2D eigenvalue weighted by atomic mass is 35.5. The second kappa shape index (κ2) is 11.0. The van der Waals surface area contributed by atoms with Crippen molar-refractivity contribution in [3.8, 4) is 0 Å². The van der Waals surface area contributed by atoms with Gasteiger partial charge in [-0.05, 0) is 75.4 Å². The summed E-state index contributed by atoms with van der Waals surface area (Å²) in [5, 5.41) is 3.16. The number of aromatic nitrogens is 3. The lowest BCUT2D eigenvalue weighted by atomic mass is 9.90. The van der Waals surface area contributed by atoms with E-state index in [0.717, 1.165) is 30.7 Å². The number of nitrogens with zero attached hydrogens (tertiary/aromatic N) is 4. The lowest BCUT2D eigenvalue weighted by molar-refractivity contribution is 0.0981. The van der Waals surface area contributed by atoms with Crippen LogP contribution in [0.15, 0.2) is 59.8 Å². The van der Waals surface area contributed by atoms with E-state index in [2.05, 4.69) is 59.5 Å². The molecule has 0 aromatic carbocycles. The Balaban J connectivity index is 0.00000370. The molecule has 3 aromatic heterocycles. The first kappa shape index (κ1) is 29.7. The largest absolute Gasteiger partial charge is 0.362 e. The lowest BCUT2D eigenvalue weighted by Gasteiger charge is -2.34. The van der Waals surface area contributed by atoms with E-state index in [1.165, 1.54) is 6.07 Å². The molecule has 5 rings (SSSR count). The Kier molecular flexibility index (Phi) is 8.15. The maximum Gasteiger partial charge on any atom is 0.281 e. The molecule has 214 valence electrons. The van der Waals surface area contributed by atoms with Crippen LogP contribution in [0.25, 0.3) is 0 Å². The van der Waals surface area contributed by atoms with Crippen LogP contribution in [0.2, 0.25) is 0 Å². The normalized spacial score (nSPS) is 22.0. The zero-order valence-electron chi connectivity index (χ0n) is 23.5. The molecule has 11 heteroatoms. The molecule has 9 nitrogen and oxygen atoms in total. The quantitative estimate of drug-likeness (QED) is 0.398. The van der Waals surface area contributed by atoms with Gasteiger partial charge in [0.1, 0.15) is 11.6 Å². The number of amides is 1. The summed E-state index contributed by atoms with van der Waals surface area (Å²) in [6, 6.07) is 13.8. The number of carbonyl (C=O) groups excluding carboxylic acids is 1. The highest BCUT2D eigenvalue weighted by Crippen LogP contribution is 2.41. The lowest BCUT2D eigenvalue weighted by Crippen LogP contribution is -2.41. The van der Waals surface area contributed by atoms with Crippen LogP contribution in [0.1, 0.15) is 81.7 Å². The van der Waals surface area contributed by atoms with E-state index in [4.69, 9.17) is 4.98 Å². The van der Waals surface area contributed by atoms with E-state index >= 15 is 0 Å². The van der Waals surface area contributed by atoms with Crippen LogP contribution in [0.3, 0.4) is 0 Å². The highest BCUT2D eigenvalue weighted by molar-refractivity contribution is 7.90. The van der Waals surface area contributed by atoms with Gasteiger partial charge in [-0.3, -0.25) is 9.78 Å². The minimum absolute atomic E-state index is 0. The molecule has 3 aromatic rings. The summed E-state index contributed by atoms with van der Waals surface area (Å²) < 4.78 is 28.9. The van der Waals surface area contributed by atoms with Gasteiger partial charge in [0.05, 0.1) is 17.3 Å². The van der Waals surface area contributed by atoms with Crippen molar-refractivity contribution in [2.75, 3.05) is 16.8 Å². The molecule has 5 heterocycles. The summed E-state index contributed by atoms with van der Waals surface area (Å²) in [6.45, 7) is 11.2. The second-order valence-electron chi connectivity index (χ2n) is 12.1. The number of pyridine rings is 3. The summed E-state index contributed by atoms with van der Waals surface area (Å²) in [6.07, 6.45) is 4.36. The van der Waals surface area contributed by atoms with Gasteiger partial charge in [0.2, 0.25) is 0 Å². The molecule has 0 aliphatic carbocycles. The molecule has 0 saturated carbocycles. The van der Waals surface area contributed by atoms with E-state index in [9.17, 15) is 13.2 Å². The van der Waals surface area contributed by atoms with Crippen LogP contribution < -0.4 is 14.9 Å². The number of carbonyl (C=O) groups is 1. The molecular formula is C29H37ClN6O3S. The van der Waals surface area contributed by atoms with Gasteiger partial charge in [0.25, 0.3) is 15.9 Å². The van der Waals surface area contributed by atoms with Crippen molar-refractivity contribution >= 4 is 40.0 Å². The maximum absolute atomic E-state index is 13.5.